The van der Waals surface area contributed by atoms with E-state index in [2.05, 4.69) is 4.72 Å². The normalized spacial score (nSPS) is 11.3. The molecule has 0 saturated heterocycles. The van der Waals surface area contributed by atoms with Gasteiger partial charge in [0.2, 0.25) is 10.0 Å². The minimum atomic E-state index is -3.49. The molecule has 0 heterocycles. The first-order chi connectivity index (χ1) is 10.0. The van der Waals surface area contributed by atoms with Crippen LogP contribution in [-0.4, -0.2) is 21.6 Å². The summed E-state index contributed by atoms with van der Waals surface area (Å²) in [6.45, 7) is 4.24. The minimum Gasteiger partial charge on any atom is -0.492 e. The summed E-state index contributed by atoms with van der Waals surface area (Å²) >= 11 is 0. The van der Waals surface area contributed by atoms with Gasteiger partial charge in [0.05, 0.1) is 4.90 Å². The molecule has 21 heavy (non-hydrogen) atoms. The lowest BCUT2D eigenvalue weighted by Gasteiger charge is -2.11. The largest absolute Gasteiger partial charge is 0.492 e. The molecule has 0 aliphatic carbocycles. The van der Waals surface area contributed by atoms with Crippen molar-refractivity contribution in [2.24, 2.45) is 0 Å². The number of hydrogen-bond acceptors (Lipinski definition) is 3. The van der Waals surface area contributed by atoms with Crippen LogP contribution in [0.1, 0.15) is 11.1 Å². The first-order valence-electron chi connectivity index (χ1n) is 6.74. The fraction of sp³-hybridized carbons (Fsp3) is 0.250. The van der Waals surface area contributed by atoms with E-state index in [4.69, 9.17) is 4.74 Å². The molecule has 0 fully saturated rings. The number of sulfonamides is 1. The van der Waals surface area contributed by atoms with Crippen molar-refractivity contribution in [3.8, 4) is 5.75 Å². The molecule has 1 N–H and O–H groups in total. The van der Waals surface area contributed by atoms with Crippen LogP contribution in [0.5, 0.6) is 5.75 Å². The molecule has 2 rings (SSSR count). The molecule has 0 aromatic heterocycles. The summed E-state index contributed by atoms with van der Waals surface area (Å²) in [4.78, 5) is 0.306. The maximum atomic E-state index is 12.2. The molecule has 2 aromatic carbocycles. The van der Waals surface area contributed by atoms with Gasteiger partial charge in [-0.2, -0.15) is 0 Å². The Morgan fingerprint density at radius 1 is 0.952 bits per heavy atom. The summed E-state index contributed by atoms with van der Waals surface area (Å²) in [6, 6.07) is 14.5. The van der Waals surface area contributed by atoms with Crippen LogP contribution in [0.25, 0.3) is 0 Å². The van der Waals surface area contributed by atoms with Crippen molar-refractivity contribution in [1.29, 1.82) is 0 Å². The van der Waals surface area contributed by atoms with Crippen molar-refractivity contribution in [1.82, 2.24) is 4.72 Å². The Morgan fingerprint density at radius 3 is 2.24 bits per heavy atom. The van der Waals surface area contributed by atoms with Crippen molar-refractivity contribution in [3.05, 3.63) is 59.7 Å². The Morgan fingerprint density at radius 2 is 1.57 bits per heavy atom. The van der Waals surface area contributed by atoms with Crippen molar-refractivity contribution in [3.63, 3.8) is 0 Å². The summed E-state index contributed by atoms with van der Waals surface area (Å²) < 4.78 is 32.5. The van der Waals surface area contributed by atoms with Gasteiger partial charge in [-0.1, -0.05) is 36.4 Å². The summed E-state index contributed by atoms with van der Waals surface area (Å²) in [5, 5.41) is 0. The smallest absolute Gasteiger partial charge is 0.240 e. The topological polar surface area (TPSA) is 55.4 Å². The third-order valence-corrected chi connectivity index (χ3v) is 4.75. The van der Waals surface area contributed by atoms with E-state index in [-0.39, 0.29) is 13.2 Å². The van der Waals surface area contributed by atoms with E-state index in [1.807, 2.05) is 37.3 Å². The number of ether oxygens (including phenoxy) is 1. The molecule has 112 valence electrons. The summed E-state index contributed by atoms with van der Waals surface area (Å²) in [5.41, 5.74) is 1.75. The summed E-state index contributed by atoms with van der Waals surface area (Å²) in [5.74, 6) is 0.771. The Balaban J connectivity index is 1.92. The van der Waals surface area contributed by atoms with E-state index in [9.17, 15) is 8.42 Å². The van der Waals surface area contributed by atoms with Gasteiger partial charge >= 0.3 is 0 Å². The van der Waals surface area contributed by atoms with Gasteiger partial charge in [-0.15, -0.1) is 0 Å². The molecule has 0 saturated carbocycles. The molecule has 0 radical (unpaired) electrons. The third-order valence-electron chi connectivity index (χ3n) is 3.13. The number of aryl methyl sites for hydroxylation is 2. The van der Waals surface area contributed by atoms with Crippen LogP contribution in [0.3, 0.4) is 0 Å². The SMILES string of the molecule is Cc1ccccc1OCCNS(=O)(=O)c1ccccc1C. The van der Waals surface area contributed by atoms with E-state index < -0.39 is 10.0 Å². The van der Waals surface area contributed by atoms with E-state index >= 15 is 0 Å². The van der Waals surface area contributed by atoms with E-state index in [0.717, 1.165) is 16.9 Å². The van der Waals surface area contributed by atoms with E-state index in [0.29, 0.717) is 4.90 Å². The molecule has 2 aromatic rings. The maximum Gasteiger partial charge on any atom is 0.240 e. The highest BCUT2D eigenvalue weighted by atomic mass is 32.2. The molecule has 0 bridgehead atoms. The van der Waals surface area contributed by atoms with Gasteiger partial charge in [-0.05, 0) is 37.1 Å². The van der Waals surface area contributed by atoms with E-state index in [1.54, 1.807) is 25.1 Å². The van der Waals surface area contributed by atoms with Crippen LogP contribution in [0.15, 0.2) is 53.4 Å². The Hall–Kier alpha value is -1.85. The van der Waals surface area contributed by atoms with Crippen LogP contribution >= 0.6 is 0 Å². The zero-order chi connectivity index (χ0) is 15.3. The molecule has 0 aliphatic heterocycles. The lowest BCUT2D eigenvalue weighted by molar-refractivity contribution is 0.320. The second-order valence-corrected chi connectivity index (χ2v) is 6.51. The predicted molar refractivity (Wildman–Crippen MR) is 83.0 cm³/mol. The van der Waals surface area contributed by atoms with Gasteiger partial charge < -0.3 is 4.74 Å². The zero-order valence-electron chi connectivity index (χ0n) is 12.2. The average Bonchev–Trinajstić information content (AvgIpc) is 2.45. The monoisotopic (exact) mass is 305 g/mol. The van der Waals surface area contributed by atoms with Crippen molar-refractivity contribution in [2.45, 2.75) is 18.7 Å². The van der Waals surface area contributed by atoms with Gasteiger partial charge in [-0.3, -0.25) is 0 Å². The van der Waals surface area contributed by atoms with Crippen molar-refractivity contribution < 1.29 is 13.2 Å². The summed E-state index contributed by atoms with van der Waals surface area (Å²) in [7, 11) is -3.49. The van der Waals surface area contributed by atoms with Gasteiger partial charge in [0.25, 0.3) is 0 Å². The number of benzene rings is 2. The molecule has 5 heteroatoms. The standard InChI is InChI=1S/C16H19NO3S/c1-13-7-3-5-9-15(13)20-12-11-17-21(18,19)16-10-6-4-8-14(16)2/h3-10,17H,11-12H2,1-2H3. The van der Waals surface area contributed by atoms with Crippen LogP contribution in [0.2, 0.25) is 0 Å². The number of para-hydroxylation sites is 1. The van der Waals surface area contributed by atoms with Crippen LogP contribution in [0, 0.1) is 13.8 Å². The average molecular weight is 305 g/mol. The van der Waals surface area contributed by atoms with Gasteiger partial charge in [0.15, 0.2) is 0 Å². The maximum absolute atomic E-state index is 12.2. The number of rotatable bonds is 6. The quantitative estimate of drug-likeness (QED) is 0.835. The molecule has 4 nitrogen and oxygen atoms in total. The first-order valence-corrected chi connectivity index (χ1v) is 8.23. The number of hydrogen-bond donors (Lipinski definition) is 1. The second-order valence-electron chi connectivity index (χ2n) is 4.78. The van der Waals surface area contributed by atoms with Crippen LogP contribution < -0.4 is 9.46 Å². The van der Waals surface area contributed by atoms with E-state index in [1.165, 1.54) is 0 Å². The number of nitrogens with one attached hydrogen (secondary N) is 1. The van der Waals surface area contributed by atoms with Crippen molar-refractivity contribution >= 4 is 10.0 Å². The third kappa shape index (κ3) is 4.06. The van der Waals surface area contributed by atoms with Gasteiger partial charge in [-0.25, -0.2) is 13.1 Å². The fourth-order valence-corrected chi connectivity index (χ4v) is 3.25. The first kappa shape index (κ1) is 15.5. The second kappa shape index (κ2) is 6.74. The van der Waals surface area contributed by atoms with Gasteiger partial charge in [0.1, 0.15) is 12.4 Å². The van der Waals surface area contributed by atoms with Crippen LogP contribution in [-0.2, 0) is 10.0 Å². The highest BCUT2D eigenvalue weighted by molar-refractivity contribution is 7.89. The minimum absolute atomic E-state index is 0.227. The van der Waals surface area contributed by atoms with Crippen LogP contribution in [0.4, 0.5) is 0 Å². The Kier molecular flexibility index (Phi) is 4.98. The van der Waals surface area contributed by atoms with Crippen molar-refractivity contribution in [2.75, 3.05) is 13.2 Å². The Bertz CT molecular complexity index is 711. The molecule has 0 aliphatic rings. The highest BCUT2D eigenvalue weighted by Crippen LogP contribution is 2.16. The molecular weight excluding hydrogens is 286 g/mol. The van der Waals surface area contributed by atoms with Gasteiger partial charge in [0, 0.05) is 6.54 Å². The highest BCUT2D eigenvalue weighted by Gasteiger charge is 2.15. The zero-order valence-corrected chi connectivity index (χ0v) is 13.0. The predicted octanol–water partition coefficient (Wildman–Crippen LogP) is 2.66. The molecule has 0 amide bonds. The summed E-state index contributed by atoms with van der Waals surface area (Å²) in [6.07, 6.45) is 0. The fourth-order valence-electron chi connectivity index (χ4n) is 1.99. The molecule has 0 atom stereocenters. The molecular formula is C16H19NO3S. The molecule has 0 unspecified atom stereocenters. The lowest BCUT2D eigenvalue weighted by Crippen LogP contribution is -2.28. The lowest BCUT2D eigenvalue weighted by atomic mass is 10.2. The Labute approximate surface area is 125 Å². The molecule has 0 spiro atoms.